The van der Waals surface area contributed by atoms with Gasteiger partial charge in [0.15, 0.2) is 0 Å². The maximum Gasteiger partial charge on any atom is 0.335 e. The number of aromatic carboxylic acids is 1. The third-order valence-corrected chi connectivity index (χ3v) is 15.2. The molecular formula is C37H54N2O2S. The highest BCUT2D eigenvalue weighted by Gasteiger charge is 2.65. The van der Waals surface area contributed by atoms with Crippen LogP contribution in [0.2, 0.25) is 0 Å². The van der Waals surface area contributed by atoms with Gasteiger partial charge in [0, 0.05) is 23.9 Å². The lowest BCUT2D eigenvalue weighted by Gasteiger charge is -2.68. The molecule has 4 nitrogen and oxygen atoms in total. The summed E-state index contributed by atoms with van der Waals surface area (Å²) >= 11 is 1.98. The molecule has 4 unspecified atom stereocenters. The maximum atomic E-state index is 11.5. The SMILES string of the molecule is CC1(C)C(c2ccc(C(=O)O)cc2)=CC[C@@]2(C)C1CC[C@@]1(C)C3CC[C@@]4(NCCNSC5CC5)CCCC4[C@H]3CCC12. The van der Waals surface area contributed by atoms with E-state index in [9.17, 15) is 9.90 Å². The van der Waals surface area contributed by atoms with Crippen LogP contribution in [0.25, 0.3) is 5.57 Å². The summed E-state index contributed by atoms with van der Waals surface area (Å²) in [7, 11) is 0. The molecule has 6 aliphatic carbocycles. The van der Waals surface area contributed by atoms with E-state index in [0.717, 1.165) is 48.4 Å². The molecule has 7 rings (SSSR count). The summed E-state index contributed by atoms with van der Waals surface area (Å²) < 4.78 is 3.65. The average Bonchev–Trinajstić information content (AvgIpc) is 3.68. The fourth-order valence-electron chi connectivity index (χ4n) is 12.1. The number of rotatable bonds is 8. The monoisotopic (exact) mass is 590 g/mol. The quantitative estimate of drug-likeness (QED) is 0.209. The van der Waals surface area contributed by atoms with Gasteiger partial charge in [0.25, 0.3) is 0 Å². The summed E-state index contributed by atoms with van der Waals surface area (Å²) in [5.41, 5.74) is 4.29. The molecule has 1 aromatic rings. The lowest BCUT2D eigenvalue weighted by atomic mass is 9.37. The van der Waals surface area contributed by atoms with Crippen molar-refractivity contribution in [3.05, 3.63) is 41.5 Å². The van der Waals surface area contributed by atoms with Crippen molar-refractivity contribution < 1.29 is 9.90 Å². The van der Waals surface area contributed by atoms with Crippen LogP contribution < -0.4 is 10.0 Å². The van der Waals surface area contributed by atoms with E-state index < -0.39 is 5.97 Å². The van der Waals surface area contributed by atoms with Crippen molar-refractivity contribution >= 4 is 23.5 Å². The number of hydrogen-bond donors (Lipinski definition) is 3. The van der Waals surface area contributed by atoms with E-state index in [1.54, 1.807) is 12.1 Å². The Balaban J connectivity index is 1.09. The van der Waals surface area contributed by atoms with Gasteiger partial charge in [0.1, 0.15) is 0 Å². The van der Waals surface area contributed by atoms with Crippen molar-refractivity contribution in [2.45, 2.75) is 116 Å². The molecule has 0 aromatic heterocycles. The van der Waals surface area contributed by atoms with E-state index >= 15 is 0 Å². The Morgan fingerprint density at radius 2 is 1.64 bits per heavy atom. The van der Waals surface area contributed by atoms with Crippen LogP contribution in [0, 0.1) is 45.8 Å². The molecule has 5 saturated carbocycles. The maximum absolute atomic E-state index is 11.5. The molecule has 8 atom stereocenters. The van der Waals surface area contributed by atoms with E-state index in [1.165, 1.54) is 81.8 Å². The van der Waals surface area contributed by atoms with Gasteiger partial charge in [0.05, 0.1) is 5.56 Å². The minimum atomic E-state index is -0.846. The van der Waals surface area contributed by atoms with Crippen LogP contribution in [0.5, 0.6) is 0 Å². The van der Waals surface area contributed by atoms with Crippen LogP contribution in [0.1, 0.15) is 121 Å². The number of carboxylic acids is 1. The van der Waals surface area contributed by atoms with E-state index in [4.69, 9.17) is 0 Å². The van der Waals surface area contributed by atoms with Gasteiger partial charge in [-0.1, -0.05) is 64.3 Å². The fraction of sp³-hybridized carbons (Fsp3) is 0.757. The topological polar surface area (TPSA) is 61.4 Å². The molecule has 5 heteroatoms. The van der Waals surface area contributed by atoms with Crippen LogP contribution in [0.3, 0.4) is 0 Å². The molecule has 1 aromatic carbocycles. The minimum Gasteiger partial charge on any atom is -0.478 e. The Kier molecular flexibility index (Phi) is 7.46. The first kappa shape index (κ1) is 29.4. The van der Waals surface area contributed by atoms with Crippen molar-refractivity contribution in [1.82, 2.24) is 10.0 Å². The second kappa shape index (κ2) is 10.7. The van der Waals surface area contributed by atoms with E-state index in [-0.39, 0.29) is 5.41 Å². The van der Waals surface area contributed by atoms with Crippen LogP contribution in [0.15, 0.2) is 30.3 Å². The number of hydrogen-bond acceptors (Lipinski definition) is 4. The Labute approximate surface area is 258 Å². The van der Waals surface area contributed by atoms with Crippen molar-refractivity contribution in [3.8, 4) is 0 Å². The van der Waals surface area contributed by atoms with Crippen LogP contribution >= 0.6 is 11.9 Å². The highest BCUT2D eigenvalue weighted by molar-refractivity contribution is 7.98. The first-order chi connectivity index (χ1) is 20.1. The van der Waals surface area contributed by atoms with Crippen molar-refractivity contribution in [1.29, 1.82) is 0 Å². The molecule has 6 aliphatic rings. The Hall–Kier alpha value is -1.30. The second-order valence-electron chi connectivity index (χ2n) is 16.3. The summed E-state index contributed by atoms with van der Waals surface area (Å²) in [6.07, 6.45) is 19.1. The number of nitrogens with one attached hydrogen (secondary N) is 2. The summed E-state index contributed by atoms with van der Waals surface area (Å²) in [6.45, 7) is 12.6. The lowest BCUT2D eigenvalue weighted by molar-refractivity contribution is -0.172. The molecule has 42 heavy (non-hydrogen) atoms. The zero-order valence-electron chi connectivity index (χ0n) is 26.5. The Bertz CT molecular complexity index is 1220. The molecular weight excluding hydrogens is 536 g/mol. The summed E-state index contributed by atoms with van der Waals surface area (Å²) in [4.78, 5) is 11.5. The van der Waals surface area contributed by atoms with Gasteiger partial charge in [-0.3, -0.25) is 4.72 Å². The smallest absolute Gasteiger partial charge is 0.335 e. The molecule has 0 radical (unpaired) electrons. The molecule has 5 fully saturated rings. The Morgan fingerprint density at radius 1 is 0.857 bits per heavy atom. The van der Waals surface area contributed by atoms with Gasteiger partial charge in [-0.25, -0.2) is 4.79 Å². The average molecular weight is 591 g/mol. The second-order valence-corrected chi connectivity index (χ2v) is 17.5. The fourth-order valence-corrected chi connectivity index (χ4v) is 13.0. The number of fused-ring (bicyclic) bond motifs is 7. The highest BCUT2D eigenvalue weighted by atomic mass is 32.2. The highest BCUT2D eigenvalue weighted by Crippen LogP contribution is 2.72. The van der Waals surface area contributed by atoms with Crippen molar-refractivity contribution in [2.75, 3.05) is 13.1 Å². The van der Waals surface area contributed by atoms with E-state index in [2.05, 4.69) is 43.8 Å². The van der Waals surface area contributed by atoms with Crippen molar-refractivity contribution in [3.63, 3.8) is 0 Å². The predicted octanol–water partition coefficient (Wildman–Crippen LogP) is 8.59. The number of carbonyl (C=O) groups is 1. The van der Waals surface area contributed by atoms with Gasteiger partial charge in [-0.2, -0.15) is 0 Å². The van der Waals surface area contributed by atoms with E-state index in [1.807, 2.05) is 24.1 Å². The molecule has 230 valence electrons. The van der Waals surface area contributed by atoms with Gasteiger partial charge >= 0.3 is 5.97 Å². The van der Waals surface area contributed by atoms with Crippen LogP contribution in [-0.2, 0) is 0 Å². The van der Waals surface area contributed by atoms with Crippen LogP contribution in [0.4, 0.5) is 0 Å². The standard InChI is InChI=1S/C37H54N2O2S/c1-34(2)28(24-7-9-25(10-8-24)33(40)41)15-19-36(4)31(34)17-20-35(3)29-16-21-37(38-22-23-39-42-26-11-12-26)18-5-6-30(37)27(29)13-14-32(35)36/h7-10,15,26-27,29-32,38-39H,5-6,11-14,16-23H2,1-4H3,(H,40,41)/t27-,29?,30?,31?,32?,35-,36-,37-/m0/s1. The molecule has 0 spiro atoms. The molecule has 3 N–H and O–H groups in total. The van der Waals surface area contributed by atoms with Crippen LogP contribution in [-0.4, -0.2) is 35.0 Å². The molecule has 0 aliphatic heterocycles. The van der Waals surface area contributed by atoms with Gasteiger partial charge in [-0.05, 0) is 140 Å². The molecule has 0 saturated heterocycles. The normalized spacial score (nSPS) is 42.1. The first-order valence-electron chi connectivity index (χ1n) is 17.3. The number of carboxylic acid groups (broad SMARTS) is 1. The minimum absolute atomic E-state index is 0.0822. The summed E-state index contributed by atoms with van der Waals surface area (Å²) in [6, 6.07) is 7.66. The lowest BCUT2D eigenvalue weighted by Crippen LogP contribution is -2.63. The van der Waals surface area contributed by atoms with E-state index in [0.29, 0.717) is 27.9 Å². The van der Waals surface area contributed by atoms with Crippen molar-refractivity contribution in [2.24, 2.45) is 45.8 Å². The number of allylic oxidation sites excluding steroid dienone is 2. The summed E-state index contributed by atoms with van der Waals surface area (Å²) in [5, 5.41) is 14.5. The predicted molar refractivity (Wildman–Crippen MR) is 174 cm³/mol. The molecule has 0 bridgehead atoms. The molecule has 0 amide bonds. The summed E-state index contributed by atoms with van der Waals surface area (Å²) in [5.74, 6) is 3.27. The van der Waals surface area contributed by atoms with Gasteiger partial charge in [-0.15, -0.1) is 0 Å². The third kappa shape index (κ3) is 4.66. The Morgan fingerprint density at radius 3 is 2.38 bits per heavy atom. The first-order valence-corrected chi connectivity index (χ1v) is 18.1. The van der Waals surface area contributed by atoms with Gasteiger partial charge < -0.3 is 10.4 Å². The molecule has 0 heterocycles. The largest absolute Gasteiger partial charge is 0.478 e. The zero-order chi connectivity index (χ0) is 29.3. The number of benzene rings is 1. The van der Waals surface area contributed by atoms with Gasteiger partial charge in [0.2, 0.25) is 0 Å². The third-order valence-electron chi connectivity index (χ3n) is 14.0. The zero-order valence-corrected chi connectivity index (χ0v) is 27.3.